The average molecular weight is 741 g/mol. The molecule has 3 fully saturated rings. The number of amides is 3. The number of piperidine rings is 1. The van der Waals surface area contributed by atoms with Gasteiger partial charge in [-0.3, -0.25) is 19.3 Å². The molecule has 2 saturated heterocycles. The number of pyridine rings is 1. The first-order chi connectivity index (χ1) is 25.0. The fourth-order valence-corrected chi connectivity index (χ4v) is 6.37. The maximum Gasteiger partial charge on any atom is 0.416 e. The number of rotatable bonds is 11. The van der Waals surface area contributed by atoms with E-state index in [-0.39, 0.29) is 29.4 Å². The van der Waals surface area contributed by atoms with Gasteiger partial charge in [0.15, 0.2) is 11.4 Å². The van der Waals surface area contributed by atoms with E-state index in [1.165, 1.54) is 22.0 Å². The summed E-state index contributed by atoms with van der Waals surface area (Å²) < 4.78 is 46.3. The molecule has 2 aliphatic heterocycles. The van der Waals surface area contributed by atoms with Gasteiger partial charge in [-0.1, -0.05) is 0 Å². The molecule has 14 nitrogen and oxygen atoms in total. The molecule has 1 N–H and O–H groups in total. The van der Waals surface area contributed by atoms with Gasteiger partial charge in [0.25, 0.3) is 12.3 Å². The van der Waals surface area contributed by atoms with Gasteiger partial charge in [0.2, 0.25) is 5.89 Å². The molecular weight excluding hydrogens is 690 g/mol. The van der Waals surface area contributed by atoms with Gasteiger partial charge in [0.1, 0.15) is 23.3 Å². The highest BCUT2D eigenvalue weighted by Gasteiger charge is 2.34. The summed E-state index contributed by atoms with van der Waals surface area (Å²) in [6.07, 6.45) is 5.28. The van der Waals surface area contributed by atoms with E-state index in [0.29, 0.717) is 55.9 Å². The third kappa shape index (κ3) is 10.1. The molecule has 1 aliphatic carbocycles. The van der Waals surface area contributed by atoms with Crippen molar-refractivity contribution >= 4 is 29.6 Å². The third-order valence-electron chi connectivity index (χ3n) is 9.40. The van der Waals surface area contributed by atoms with E-state index in [1.54, 1.807) is 37.8 Å². The van der Waals surface area contributed by atoms with Gasteiger partial charge < -0.3 is 24.1 Å². The number of ether oxygens (including phenoxy) is 2. The smallest absolute Gasteiger partial charge is 0.416 e. The summed E-state index contributed by atoms with van der Waals surface area (Å²) in [6, 6.07) is 3.17. The van der Waals surface area contributed by atoms with Crippen molar-refractivity contribution in [2.24, 2.45) is 11.8 Å². The Bertz CT molecular complexity index is 1760. The summed E-state index contributed by atoms with van der Waals surface area (Å²) in [5.41, 5.74) is -1.46. The summed E-state index contributed by atoms with van der Waals surface area (Å²) >= 11 is 0. The lowest BCUT2D eigenvalue weighted by Gasteiger charge is -2.40. The van der Waals surface area contributed by atoms with Crippen molar-refractivity contribution in [1.29, 1.82) is 0 Å². The van der Waals surface area contributed by atoms with Crippen LogP contribution >= 0.6 is 0 Å². The van der Waals surface area contributed by atoms with Crippen molar-refractivity contribution in [3.8, 4) is 11.5 Å². The van der Waals surface area contributed by atoms with Crippen LogP contribution < -0.4 is 10.2 Å². The van der Waals surface area contributed by atoms with Gasteiger partial charge in [-0.25, -0.2) is 28.3 Å². The first kappa shape index (κ1) is 38.1. The number of carbonyl (C=O) groups excluding carboxylic acids is 3. The molecule has 0 aromatic carbocycles. The average Bonchev–Trinajstić information content (AvgIpc) is 3.56. The van der Waals surface area contributed by atoms with Gasteiger partial charge in [-0.05, 0) is 104 Å². The Balaban J connectivity index is 1.02. The normalized spacial score (nSPS) is 17.5. The van der Waals surface area contributed by atoms with Gasteiger partial charge in [-0.2, -0.15) is 5.10 Å². The predicted molar refractivity (Wildman–Crippen MR) is 192 cm³/mol. The van der Waals surface area contributed by atoms with Crippen molar-refractivity contribution in [2.45, 2.75) is 97.3 Å². The number of aromatic nitrogens is 4. The SMILES string of the molecule is CC(C)(C)OC(=O)N1CCC(CCN2CC(n3cc(NC(=O)c4coc(-c5ccnc(N(CC6CC6)C(=O)OC(C)(C)C)c5)n4)c(C(F)F)n3)C2)CC1. The van der Waals surface area contributed by atoms with Gasteiger partial charge in [0, 0.05) is 50.7 Å². The van der Waals surface area contributed by atoms with Crippen LogP contribution in [0.15, 0.2) is 35.2 Å². The number of likely N-dealkylation sites (tertiary alicyclic amines) is 2. The highest BCUT2D eigenvalue weighted by molar-refractivity contribution is 6.03. The number of carbonyl (C=O) groups is 3. The summed E-state index contributed by atoms with van der Waals surface area (Å²) in [5.74, 6) is 0.595. The molecule has 6 rings (SSSR count). The van der Waals surface area contributed by atoms with E-state index in [1.807, 2.05) is 20.8 Å². The minimum Gasteiger partial charge on any atom is -0.444 e. The number of hydrogen-bond donors (Lipinski definition) is 1. The molecule has 288 valence electrons. The summed E-state index contributed by atoms with van der Waals surface area (Å²) in [5, 5.41) is 6.67. The van der Waals surface area contributed by atoms with Gasteiger partial charge in [-0.15, -0.1) is 0 Å². The number of nitrogens with one attached hydrogen (secondary N) is 1. The minimum absolute atomic E-state index is 0.0935. The van der Waals surface area contributed by atoms with E-state index in [2.05, 4.69) is 25.3 Å². The molecular formula is C37H50F2N8O6. The zero-order valence-corrected chi connectivity index (χ0v) is 31.3. The number of oxazole rings is 1. The number of anilines is 2. The van der Waals surface area contributed by atoms with Crippen molar-refractivity contribution in [1.82, 2.24) is 29.5 Å². The Labute approximate surface area is 308 Å². The topological polar surface area (TPSA) is 148 Å². The quantitative estimate of drug-likeness (QED) is 0.215. The molecule has 1 saturated carbocycles. The molecule has 3 amide bonds. The summed E-state index contributed by atoms with van der Waals surface area (Å²) in [4.78, 5) is 52.8. The van der Waals surface area contributed by atoms with E-state index in [0.717, 1.165) is 44.9 Å². The van der Waals surface area contributed by atoms with Crippen molar-refractivity contribution in [3.05, 3.63) is 42.2 Å². The van der Waals surface area contributed by atoms with Crippen LogP contribution in [-0.4, -0.2) is 98.1 Å². The second kappa shape index (κ2) is 15.4. The standard InChI is InChI=1S/C37H50F2N8O6/c1-36(2,3)52-34(49)45-15-11-23(12-16-45)10-14-44-19-26(20-44)47-21-27(30(43-47)31(38)39)41-32(48)28-22-51-33(42-28)25-9-13-40-29(17-25)46(18-24-7-8-24)35(50)53-37(4,5)6/h9,13,17,21-24,26,31H,7-8,10-12,14-16,18-20H2,1-6H3,(H,41,48). The second-order valence-electron chi connectivity index (χ2n) is 16.3. The van der Waals surface area contributed by atoms with Gasteiger partial charge in [0.05, 0.1) is 11.7 Å². The molecule has 5 heterocycles. The number of alkyl halides is 2. The summed E-state index contributed by atoms with van der Waals surface area (Å²) in [7, 11) is 0. The van der Waals surface area contributed by atoms with Crippen molar-refractivity contribution in [3.63, 3.8) is 0 Å². The minimum atomic E-state index is -2.90. The van der Waals surface area contributed by atoms with Crippen LogP contribution in [0, 0.1) is 11.8 Å². The van der Waals surface area contributed by atoms with Crippen LogP contribution in [0.2, 0.25) is 0 Å². The molecule has 3 aromatic heterocycles. The zero-order valence-electron chi connectivity index (χ0n) is 31.3. The predicted octanol–water partition coefficient (Wildman–Crippen LogP) is 7.17. The monoisotopic (exact) mass is 740 g/mol. The fraction of sp³-hybridized carbons (Fsp3) is 0.622. The molecule has 0 spiro atoms. The number of nitrogens with zero attached hydrogens (tertiary/aromatic N) is 7. The number of halogens is 2. The molecule has 0 bridgehead atoms. The zero-order chi connectivity index (χ0) is 38.1. The van der Waals surface area contributed by atoms with Crippen LogP contribution in [0.25, 0.3) is 11.5 Å². The summed E-state index contributed by atoms with van der Waals surface area (Å²) in [6.45, 7) is 15.0. The largest absolute Gasteiger partial charge is 0.444 e. The Morgan fingerprint density at radius 1 is 1.02 bits per heavy atom. The van der Waals surface area contributed by atoms with Crippen LogP contribution in [0.1, 0.15) is 102 Å². The third-order valence-corrected chi connectivity index (χ3v) is 9.40. The lowest BCUT2D eigenvalue weighted by Crippen LogP contribution is -2.48. The molecule has 0 radical (unpaired) electrons. The Hall–Kier alpha value is -4.60. The molecule has 53 heavy (non-hydrogen) atoms. The van der Waals surface area contributed by atoms with Crippen LogP contribution in [0.3, 0.4) is 0 Å². The van der Waals surface area contributed by atoms with E-state index in [4.69, 9.17) is 13.9 Å². The number of hydrogen-bond acceptors (Lipinski definition) is 10. The molecule has 0 unspecified atom stereocenters. The Morgan fingerprint density at radius 2 is 1.72 bits per heavy atom. The van der Waals surface area contributed by atoms with Crippen LogP contribution in [0.4, 0.5) is 29.9 Å². The van der Waals surface area contributed by atoms with Crippen molar-refractivity contribution < 1.29 is 37.1 Å². The maximum atomic E-state index is 14.1. The lowest BCUT2D eigenvalue weighted by molar-refractivity contribution is 0.0168. The Morgan fingerprint density at radius 3 is 2.36 bits per heavy atom. The molecule has 3 aromatic rings. The van der Waals surface area contributed by atoms with E-state index >= 15 is 0 Å². The van der Waals surface area contributed by atoms with E-state index in [9.17, 15) is 23.2 Å². The maximum absolute atomic E-state index is 14.1. The fourth-order valence-electron chi connectivity index (χ4n) is 6.37. The molecule has 3 aliphatic rings. The first-order valence-electron chi connectivity index (χ1n) is 18.3. The van der Waals surface area contributed by atoms with Crippen molar-refractivity contribution in [2.75, 3.05) is 49.5 Å². The lowest BCUT2D eigenvalue weighted by atomic mass is 9.93. The van der Waals surface area contributed by atoms with E-state index < -0.39 is 35.3 Å². The Kier molecular flexibility index (Phi) is 11.1. The molecule has 0 atom stereocenters. The highest BCUT2D eigenvalue weighted by Crippen LogP contribution is 2.34. The van der Waals surface area contributed by atoms with Crippen LogP contribution in [0.5, 0.6) is 0 Å². The van der Waals surface area contributed by atoms with Gasteiger partial charge >= 0.3 is 12.2 Å². The van der Waals surface area contributed by atoms with Crippen LogP contribution in [-0.2, 0) is 9.47 Å². The first-order valence-corrected chi connectivity index (χ1v) is 18.3. The molecule has 16 heteroatoms. The highest BCUT2D eigenvalue weighted by atomic mass is 19.3. The second-order valence-corrected chi connectivity index (χ2v) is 16.3.